The van der Waals surface area contributed by atoms with Crippen LogP contribution < -0.4 is 10.6 Å². The number of carbonyl (C=O) groups excluding carboxylic acids is 3. The van der Waals surface area contributed by atoms with Crippen molar-refractivity contribution in [2.75, 3.05) is 11.9 Å². The summed E-state index contributed by atoms with van der Waals surface area (Å²) in [7, 11) is 0. The molecule has 0 spiro atoms. The van der Waals surface area contributed by atoms with Crippen molar-refractivity contribution in [1.29, 1.82) is 0 Å². The van der Waals surface area contributed by atoms with Crippen LogP contribution in [0.1, 0.15) is 26.7 Å². The van der Waals surface area contributed by atoms with E-state index in [1.54, 1.807) is 13.8 Å². The number of benzene rings is 1. The number of hydrogen-bond donors (Lipinski definition) is 2. The summed E-state index contributed by atoms with van der Waals surface area (Å²) >= 11 is 5.63. The Morgan fingerprint density at radius 1 is 1.35 bits per heavy atom. The fourth-order valence-electron chi connectivity index (χ4n) is 2.47. The van der Waals surface area contributed by atoms with E-state index in [0.29, 0.717) is 12.8 Å². The van der Waals surface area contributed by atoms with Gasteiger partial charge in [-0.25, -0.2) is 9.18 Å². The molecule has 1 aromatic carbocycles. The summed E-state index contributed by atoms with van der Waals surface area (Å²) in [6, 6.07) is 3.17. The number of carbonyl (C=O) groups is 3. The van der Waals surface area contributed by atoms with Gasteiger partial charge >= 0.3 is 6.03 Å². The third-order valence-electron chi connectivity index (χ3n) is 3.96. The third-order valence-corrected chi connectivity index (χ3v) is 4.20. The Morgan fingerprint density at radius 3 is 2.52 bits per heavy atom. The lowest BCUT2D eigenvalue weighted by molar-refractivity contribution is -0.134. The quantitative estimate of drug-likeness (QED) is 0.808. The van der Waals surface area contributed by atoms with Gasteiger partial charge in [-0.3, -0.25) is 14.5 Å². The third kappa shape index (κ3) is 3.29. The van der Waals surface area contributed by atoms with Crippen LogP contribution in [0, 0.1) is 5.82 Å². The highest BCUT2D eigenvalue weighted by Gasteiger charge is 2.49. The lowest BCUT2D eigenvalue weighted by Gasteiger charge is -2.23. The molecular formula is C15H17ClFN3O3. The van der Waals surface area contributed by atoms with Gasteiger partial charge in [0.1, 0.15) is 17.9 Å². The maximum atomic E-state index is 13.7. The number of anilines is 1. The van der Waals surface area contributed by atoms with Crippen LogP contribution in [0.25, 0.3) is 0 Å². The average molecular weight is 342 g/mol. The van der Waals surface area contributed by atoms with Crippen LogP contribution in [-0.2, 0) is 9.59 Å². The number of halogens is 2. The van der Waals surface area contributed by atoms with E-state index in [1.807, 2.05) is 0 Å². The molecule has 0 saturated carbocycles. The largest absolute Gasteiger partial charge is 0.325 e. The number of imide groups is 1. The van der Waals surface area contributed by atoms with Crippen molar-refractivity contribution in [1.82, 2.24) is 10.2 Å². The van der Waals surface area contributed by atoms with E-state index in [4.69, 9.17) is 11.6 Å². The van der Waals surface area contributed by atoms with E-state index in [0.717, 1.165) is 11.0 Å². The number of amides is 4. The van der Waals surface area contributed by atoms with Crippen molar-refractivity contribution < 1.29 is 18.8 Å². The van der Waals surface area contributed by atoms with Crippen LogP contribution in [0.15, 0.2) is 18.2 Å². The fraction of sp³-hybridized carbons (Fsp3) is 0.400. The number of nitrogens with one attached hydrogen (secondary N) is 2. The molecule has 124 valence electrons. The first-order valence-corrected chi connectivity index (χ1v) is 7.59. The Labute approximate surface area is 138 Å². The Hall–Kier alpha value is -2.15. The van der Waals surface area contributed by atoms with Crippen molar-refractivity contribution in [3.63, 3.8) is 0 Å². The molecule has 1 saturated heterocycles. The molecular weight excluding hydrogens is 325 g/mol. The molecule has 0 bridgehead atoms. The molecule has 0 radical (unpaired) electrons. The van der Waals surface area contributed by atoms with Crippen LogP contribution >= 0.6 is 11.6 Å². The smallest absolute Gasteiger partial charge is 0.323 e. The molecule has 0 unspecified atom stereocenters. The van der Waals surface area contributed by atoms with E-state index in [9.17, 15) is 18.8 Å². The number of urea groups is 1. The lowest BCUT2D eigenvalue weighted by atomic mass is 9.93. The number of hydrogen-bond acceptors (Lipinski definition) is 3. The highest BCUT2D eigenvalue weighted by Crippen LogP contribution is 2.25. The van der Waals surface area contributed by atoms with Gasteiger partial charge in [-0.15, -0.1) is 0 Å². The van der Waals surface area contributed by atoms with E-state index in [1.165, 1.54) is 12.1 Å². The second-order valence-electron chi connectivity index (χ2n) is 5.28. The molecule has 23 heavy (non-hydrogen) atoms. The van der Waals surface area contributed by atoms with Gasteiger partial charge in [0, 0.05) is 5.02 Å². The molecule has 0 aliphatic carbocycles. The van der Waals surface area contributed by atoms with E-state index < -0.39 is 35.7 Å². The highest BCUT2D eigenvalue weighted by atomic mass is 35.5. The molecule has 0 atom stereocenters. The summed E-state index contributed by atoms with van der Waals surface area (Å²) in [5.74, 6) is -1.81. The molecule has 1 aliphatic heterocycles. The molecule has 1 aliphatic rings. The van der Waals surface area contributed by atoms with Crippen molar-refractivity contribution in [3.8, 4) is 0 Å². The maximum absolute atomic E-state index is 13.7. The highest BCUT2D eigenvalue weighted by molar-refractivity contribution is 6.30. The van der Waals surface area contributed by atoms with Crippen molar-refractivity contribution in [3.05, 3.63) is 29.0 Å². The van der Waals surface area contributed by atoms with Gasteiger partial charge in [0.15, 0.2) is 0 Å². The molecule has 1 aromatic rings. The van der Waals surface area contributed by atoms with E-state index in [2.05, 4.69) is 10.6 Å². The van der Waals surface area contributed by atoms with Gasteiger partial charge in [-0.05, 0) is 31.0 Å². The van der Waals surface area contributed by atoms with Crippen molar-refractivity contribution in [2.45, 2.75) is 32.2 Å². The first-order chi connectivity index (χ1) is 10.8. The minimum Gasteiger partial charge on any atom is -0.323 e. The van der Waals surface area contributed by atoms with Gasteiger partial charge in [-0.2, -0.15) is 0 Å². The standard InChI is InChI=1S/C15H17ClFN3O3/c1-3-15(4-2)13(22)20(14(23)19-15)8-12(21)18-11-6-5-9(16)7-10(11)17/h5-7H,3-4,8H2,1-2H3,(H,18,21)(H,19,23). The number of rotatable bonds is 5. The molecule has 2 rings (SSSR count). The summed E-state index contributed by atoms with van der Waals surface area (Å²) in [6.45, 7) is 3.09. The second kappa shape index (κ2) is 6.54. The molecule has 6 nitrogen and oxygen atoms in total. The van der Waals surface area contributed by atoms with Gasteiger partial charge in [0.2, 0.25) is 5.91 Å². The maximum Gasteiger partial charge on any atom is 0.325 e. The van der Waals surface area contributed by atoms with Crippen molar-refractivity contribution >= 4 is 35.1 Å². The molecule has 1 fully saturated rings. The molecule has 1 heterocycles. The monoisotopic (exact) mass is 341 g/mol. The SMILES string of the molecule is CCC1(CC)NC(=O)N(CC(=O)Nc2ccc(Cl)cc2F)C1=O. The Kier molecular flexibility index (Phi) is 4.89. The zero-order chi connectivity index (χ0) is 17.2. The summed E-state index contributed by atoms with van der Waals surface area (Å²) in [4.78, 5) is 37.2. The van der Waals surface area contributed by atoms with E-state index >= 15 is 0 Å². The average Bonchev–Trinajstić information content (AvgIpc) is 2.75. The number of nitrogens with zero attached hydrogens (tertiary/aromatic N) is 1. The topological polar surface area (TPSA) is 78.5 Å². The van der Waals surface area contributed by atoms with Crippen LogP contribution in [0.4, 0.5) is 14.9 Å². The fourth-order valence-corrected chi connectivity index (χ4v) is 2.63. The summed E-state index contributed by atoms with van der Waals surface area (Å²) < 4.78 is 13.7. The normalized spacial score (nSPS) is 16.4. The zero-order valence-electron chi connectivity index (χ0n) is 12.8. The summed E-state index contributed by atoms with van der Waals surface area (Å²) in [5.41, 5.74) is -1.04. The minimum atomic E-state index is -0.969. The van der Waals surface area contributed by atoms with Crippen molar-refractivity contribution in [2.24, 2.45) is 0 Å². The zero-order valence-corrected chi connectivity index (χ0v) is 13.5. The van der Waals surface area contributed by atoms with Gasteiger partial charge in [0.25, 0.3) is 5.91 Å². The minimum absolute atomic E-state index is 0.0660. The molecule has 4 amide bonds. The first kappa shape index (κ1) is 17.2. The molecule has 2 N–H and O–H groups in total. The Morgan fingerprint density at radius 2 is 2.00 bits per heavy atom. The van der Waals surface area contributed by atoms with Gasteiger partial charge in [-0.1, -0.05) is 25.4 Å². The van der Waals surface area contributed by atoms with Gasteiger partial charge < -0.3 is 10.6 Å². The molecule has 0 aromatic heterocycles. The van der Waals surface area contributed by atoms with Crippen LogP contribution in [-0.4, -0.2) is 34.8 Å². The summed E-state index contributed by atoms with van der Waals surface area (Å²) in [6.07, 6.45) is 0.857. The molecule has 8 heteroatoms. The lowest BCUT2D eigenvalue weighted by Crippen LogP contribution is -2.46. The first-order valence-electron chi connectivity index (χ1n) is 7.22. The van der Waals surface area contributed by atoms with Gasteiger partial charge in [0.05, 0.1) is 5.69 Å². The Bertz CT molecular complexity index is 661. The van der Waals surface area contributed by atoms with Crippen LogP contribution in [0.2, 0.25) is 5.02 Å². The van der Waals surface area contributed by atoms with E-state index in [-0.39, 0.29) is 10.7 Å². The van der Waals surface area contributed by atoms with Crippen LogP contribution in [0.5, 0.6) is 0 Å². The summed E-state index contributed by atoms with van der Waals surface area (Å²) in [5, 5.41) is 5.14. The predicted octanol–water partition coefficient (Wildman–Crippen LogP) is 2.53. The second-order valence-corrected chi connectivity index (χ2v) is 5.72. The predicted molar refractivity (Wildman–Crippen MR) is 83.6 cm³/mol. The Balaban J connectivity index is 2.08. The van der Waals surface area contributed by atoms with Crippen LogP contribution in [0.3, 0.4) is 0 Å².